The van der Waals surface area contributed by atoms with Gasteiger partial charge < -0.3 is 15.2 Å². The average molecular weight is 279 g/mol. The summed E-state index contributed by atoms with van der Waals surface area (Å²) >= 11 is 0. The lowest BCUT2D eigenvalue weighted by molar-refractivity contribution is 0.167. The zero-order chi connectivity index (χ0) is 14.5. The van der Waals surface area contributed by atoms with E-state index in [4.69, 9.17) is 4.74 Å². The molecule has 1 saturated heterocycles. The Morgan fingerprint density at radius 1 is 1.25 bits per heavy atom. The van der Waals surface area contributed by atoms with Crippen molar-refractivity contribution in [3.8, 4) is 5.75 Å². The molecule has 20 heavy (non-hydrogen) atoms. The molecule has 0 radical (unpaired) electrons. The molecule has 1 aliphatic heterocycles. The Bertz CT molecular complexity index is 417. The number of hydrazine groups is 1. The average Bonchev–Trinajstić information content (AvgIpc) is 2.78. The Morgan fingerprint density at radius 2 is 1.90 bits per heavy atom. The van der Waals surface area contributed by atoms with Gasteiger partial charge in [0.05, 0.1) is 13.2 Å². The molecular formula is C15H25N3O2. The quantitative estimate of drug-likeness (QED) is 0.621. The number of benzene rings is 1. The van der Waals surface area contributed by atoms with Gasteiger partial charge in [-0.15, -0.1) is 0 Å². The van der Waals surface area contributed by atoms with Gasteiger partial charge in [-0.3, -0.25) is 10.9 Å². The van der Waals surface area contributed by atoms with Crippen molar-refractivity contribution in [2.75, 3.05) is 20.2 Å². The predicted octanol–water partition coefficient (Wildman–Crippen LogP) is 0.819. The minimum Gasteiger partial charge on any atom is -0.496 e. The molecule has 1 heterocycles. The molecule has 0 amide bonds. The Hall–Kier alpha value is -1.14. The van der Waals surface area contributed by atoms with Crippen LogP contribution < -0.4 is 20.9 Å². The lowest BCUT2D eigenvalue weighted by atomic mass is 9.96. The van der Waals surface area contributed by atoms with Gasteiger partial charge in [0, 0.05) is 36.7 Å². The van der Waals surface area contributed by atoms with Crippen LogP contribution in [0.2, 0.25) is 0 Å². The van der Waals surface area contributed by atoms with Gasteiger partial charge in [-0.05, 0) is 19.9 Å². The molecule has 3 unspecified atom stereocenters. The van der Waals surface area contributed by atoms with E-state index in [1.807, 2.05) is 24.3 Å². The largest absolute Gasteiger partial charge is 0.496 e. The second kappa shape index (κ2) is 7.04. The first-order chi connectivity index (χ1) is 9.63. The van der Waals surface area contributed by atoms with Crippen molar-refractivity contribution in [2.24, 2.45) is 5.92 Å². The lowest BCUT2D eigenvalue weighted by Gasteiger charge is -2.20. The minimum absolute atomic E-state index is 0.431. The molecule has 5 heteroatoms. The molecular weight excluding hydrogens is 254 g/mol. The van der Waals surface area contributed by atoms with Gasteiger partial charge in [0.15, 0.2) is 0 Å². The molecule has 1 aliphatic rings. The van der Waals surface area contributed by atoms with E-state index in [1.165, 1.54) is 0 Å². The predicted molar refractivity (Wildman–Crippen MR) is 79.5 cm³/mol. The molecule has 1 aromatic rings. The van der Waals surface area contributed by atoms with E-state index in [0.717, 1.165) is 17.9 Å². The van der Waals surface area contributed by atoms with Crippen molar-refractivity contribution in [3.05, 3.63) is 29.8 Å². The fourth-order valence-electron chi connectivity index (χ4n) is 2.70. The van der Waals surface area contributed by atoms with Crippen LogP contribution in [-0.2, 0) is 0 Å². The maximum Gasteiger partial charge on any atom is 0.124 e. The zero-order valence-electron chi connectivity index (χ0n) is 12.4. The summed E-state index contributed by atoms with van der Waals surface area (Å²) in [5.41, 5.74) is 7.30. The van der Waals surface area contributed by atoms with Gasteiger partial charge in [-0.1, -0.05) is 18.2 Å². The molecule has 1 fully saturated rings. The normalized spacial score (nSPS) is 27.5. The number of ether oxygens (including phenoxy) is 1. The molecule has 4 N–H and O–H groups in total. The van der Waals surface area contributed by atoms with E-state index in [-0.39, 0.29) is 0 Å². The number of aliphatic hydroxyl groups excluding tert-OH is 1. The molecule has 0 bridgehead atoms. The van der Waals surface area contributed by atoms with E-state index < -0.39 is 6.10 Å². The van der Waals surface area contributed by atoms with E-state index >= 15 is 0 Å². The summed E-state index contributed by atoms with van der Waals surface area (Å²) in [5, 5.41) is 13.6. The van der Waals surface area contributed by atoms with Crippen molar-refractivity contribution in [2.45, 2.75) is 32.0 Å². The monoisotopic (exact) mass is 279 g/mol. The van der Waals surface area contributed by atoms with Crippen molar-refractivity contribution >= 4 is 0 Å². The Kier molecular flexibility index (Phi) is 5.37. The van der Waals surface area contributed by atoms with Crippen LogP contribution in [0, 0.1) is 5.92 Å². The highest BCUT2D eigenvalue weighted by Gasteiger charge is 2.29. The van der Waals surface area contributed by atoms with E-state index in [0.29, 0.717) is 24.5 Å². The summed E-state index contributed by atoms with van der Waals surface area (Å²) in [7, 11) is 1.62. The number of nitrogens with one attached hydrogen (secondary N) is 3. The zero-order valence-corrected chi connectivity index (χ0v) is 12.4. The SMILES string of the molecule is COc1ccccc1C(O)CNCC1C(C)NNC1C. The van der Waals surface area contributed by atoms with Crippen LogP contribution in [0.4, 0.5) is 0 Å². The van der Waals surface area contributed by atoms with E-state index in [9.17, 15) is 5.11 Å². The standard InChI is InChI=1S/C15H25N3O2/c1-10-13(11(2)18-17-10)8-16-9-14(19)12-6-4-5-7-15(12)20-3/h4-7,10-11,13-14,16-19H,8-9H2,1-3H3. The van der Waals surface area contributed by atoms with Crippen molar-refractivity contribution in [1.29, 1.82) is 0 Å². The Balaban J connectivity index is 1.84. The Labute approximate surface area is 120 Å². The van der Waals surface area contributed by atoms with Crippen LogP contribution in [0.25, 0.3) is 0 Å². The summed E-state index contributed by atoms with van der Waals surface area (Å²) < 4.78 is 5.27. The van der Waals surface area contributed by atoms with Crippen LogP contribution in [0.3, 0.4) is 0 Å². The maximum absolute atomic E-state index is 10.3. The second-order valence-electron chi connectivity index (χ2n) is 5.45. The molecule has 3 atom stereocenters. The highest BCUT2D eigenvalue weighted by Crippen LogP contribution is 2.24. The van der Waals surface area contributed by atoms with E-state index in [1.54, 1.807) is 7.11 Å². The Morgan fingerprint density at radius 3 is 2.55 bits per heavy atom. The van der Waals surface area contributed by atoms with Crippen LogP contribution in [0.1, 0.15) is 25.5 Å². The number of methoxy groups -OCH3 is 1. The maximum atomic E-state index is 10.3. The van der Waals surface area contributed by atoms with Gasteiger partial charge in [0.25, 0.3) is 0 Å². The first kappa shape index (κ1) is 15.3. The third-order valence-electron chi connectivity index (χ3n) is 4.04. The van der Waals surface area contributed by atoms with Crippen LogP contribution in [0.5, 0.6) is 5.75 Å². The summed E-state index contributed by atoms with van der Waals surface area (Å²) in [6, 6.07) is 8.45. The van der Waals surface area contributed by atoms with E-state index in [2.05, 4.69) is 30.0 Å². The summed E-state index contributed by atoms with van der Waals surface area (Å²) in [6.45, 7) is 5.73. The number of hydrogen-bond donors (Lipinski definition) is 4. The van der Waals surface area contributed by atoms with Crippen LogP contribution in [0.15, 0.2) is 24.3 Å². The molecule has 1 aromatic carbocycles. The highest BCUT2D eigenvalue weighted by molar-refractivity contribution is 5.35. The first-order valence-electron chi connectivity index (χ1n) is 7.16. The van der Waals surface area contributed by atoms with Crippen molar-refractivity contribution in [1.82, 2.24) is 16.2 Å². The summed E-state index contributed by atoms with van der Waals surface area (Å²) in [5.74, 6) is 1.24. The molecule has 5 nitrogen and oxygen atoms in total. The van der Waals surface area contributed by atoms with Gasteiger partial charge in [0.1, 0.15) is 5.75 Å². The number of hydrogen-bond acceptors (Lipinski definition) is 5. The molecule has 0 spiro atoms. The van der Waals surface area contributed by atoms with Gasteiger partial charge >= 0.3 is 0 Å². The van der Waals surface area contributed by atoms with Crippen molar-refractivity contribution in [3.63, 3.8) is 0 Å². The summed E-state index contributed by atoms with van der Waals surface area (Å²) in [6.07, 6.45) is -0.556. The van der Waals surface area contributed by atoms with Crippen molar-refractivity contribution < 1.29 is 9.84 Å². The fraction of sp³-hybridized carbons (Fsp3) is 0.600. The lowest BCUT2D eigenvalue weighted by Crippen LogP contribution is -2.35. The minimum atomic E-state index is -0.556. The number of aliphatic hydroxyl groups is 1. The molecule has 0 aliphatic carbocycles. The molecule has 2 rings (SSSR count). The second-order valence-corrected chi connectivity index (χ2v) is 5.45. The van der Waals surface area contributed by atoms with Crippen LogP contribution >= 0.6 is 0 Å². The molecule has 112 valence electrons. The first-order valence-corrected chi connectivity index (χ1v) is 7.16. The molecule has 0 saturated carbocycles. The van der Waals surface area contributed by atoms with Gasteiger partial charge in [-0.25, -0.2) is 0 Å². The van der Waals surface area contributed by atoms with Gasteiger partial charge in [-0.2, -0.15) is 0 Å². The third kappa shape index (κ3) is 3.49. The summed E-state index contributed by atoms with van der Waals surface area (Å²) in [4.78, 5) is 0. The highest BCUT2D eigenvalue weighted by atomic mass is 16.5. The smallest absolute Gasteiger partial charge is 0.124 e. The number of rotatable bonds is 6. The van der Waals surface area contributed by atoms with Crippen LogP contribution in [-0.4, -0.2) is 37.4 Å². The molecule has 0 aromatic heterocycles. The fourth-order valence-corrected chi connectivity index (χ4v) is 2.70. The number of para-hydroxylation sites is 1. The van der Waals surface area contributed by atoms with Gasteiger partial charge in [0.2, 0.25) is 0 Å². The topological polar surface area (TPSA) is 65.5 Å². The third-order valence-corrected chi connectivity index (χ3v) is 4.04.